The maximum absolute atomic E-state index is 8.77. The molecule has 0 fully saturated rings. The third-order valence-electron chi connectivity index (χ3n) is 1.94. The summed E-state index contributed by atoms with van der Waals surface area (Å²) < 4.78 is 0. The van der Waals surface area contributed by atoms with Crippen molar-refractivity contribution in [3.05, 3.63) is 22.8 Å². The first-order chi connectivity index (χ1) is 8.73. The van der Waals surface area contributed by atoms with Gasteiger partial charge in [-0.05, 0) is 0 Å². The summed E-state index contributed by atoms with van der Waals surface area (Å²) in [6, 6.07) is 6.77. The van der Waals surface area contributed by atoms with Crippen LogP contribution in [0.1, 0.15) is 22.8 Å². The summed E-state index contributed by atoms with van der Waals surface area (Å²) in [6.07, 6.45) is 0. The second-order valence-corrected chi connectivity index (χ2v) is 2.94. The van der Waals surface area contributed by atoms with Crippen LogP contribution < -0.4 is 0 Å². The zero-order valence-corrected chi connectivity index (χ0v) is 8.58. The quantitative estimate of drug-likeness (QED) is 0.611. The third-order valence-corrected chi connectivity index (χ3v) is 1.94. The highest BCUT2D eigenvalue weighted by Gasteiger charge is 2.13. The molecule has 8 nitrogen and oxygen atoms in total. The first-order valence-corrected chi connectivity index (χ1v) is 4.43. The fourth-order valence-electron chi connectivity index (χ4n) is 1.20. The van der Waals surface area contributed by atoms with Gasteiger partial charge in [-0.25, -0.2) is 19.9 Å². The molecular formula is C10N8. The highest BCUT2D eigenvalue weighted by atomic mass is 15.0. The van der Waals surface area contributed by atoms with Crippen molar-refractivity contribution in [2.75, 3.05) is 0 Å². The lowest BCUT2D eigenvalue weighted by molar-refractivity contribution is 1.09. The Bertz CT molecular complexity index is 687. The van der Waals surface area contributed by atoms with Gasteiger partial charge in [0.2, 0.25) is 11.3 Å². The van der Waals surface area contributed by atoms with E-state index in [9.17, 15) is 0 Å². The number of hydrogen-bond donors (Lipinski definition) is 0. The van der Waals surface area contributed by atoms with Crippen LogP contribution in [0.4, 0.5) is 0 Å². The van der Waals surface area contributed by atoms with Gasteiger partial charge in [0.1, 0.15) is 24.3 Å². The smallest absolute Gasteiger partial charge is 0.200 e. The molecule has 0 spiro atoms. The molecule has 0 N–H and O–H groups in total. The summed E-state index contributed by atoms with van der Waals surface area (Å²) in [4.78, 5) is 15.1. The molecule has 0 aliphatic heterocycles. The molecule has 2 rings (SSSR count). The van der Waals surface area contributed by atoms with E-state index in [1.54, 1.807) is 24.3 Å². The summed E-state index contributed by atoms with van der Waals surface area (Å²) in [5, 5.41) is 35.1. The monoisotopic (exact) mass is 232 g/mol. The standard InChI is InChI=1S/C10N8/c11-1-5-6(2-12)16-10-9(15-5)17-7(3-13)8(4-14)18-10. The molecule has 0 aliphatic carbocycles. The van der Waals surface area contributed by atoms with Crippen molar-refractivity contribution < 1.29 is 0 Å². The first kappa shape index (κ1) is 10.9. The van der Waals surface area contributed by atoms with E-state index in [0.29, 0.717) is 0 Å². The largest absolute Gasteiger partial charge is 0.211 e. The molecule has 0 bridgehead atoms. The Hall–Kier alpha value is -3.62. The number of fused-ring (bicyclic) bond motifs is 1. The molecule has 0 saturated carbocycles. The molecule has 2 aromatic heterocycles. The molecule has 0 aromatic carbocycles. The molecule has 2 aromatic rings. The van der Waals surface area contributed by atoms with E-state index in [1.165, 1.54) is 0 Å². The van der Waals surface area contributed by atoms with Crippen LogP contribution in [0.2, 0.25) is 0 Å². The van der Waals surface area contributed by atoms with Crippen LogP contribution in [-0.2, 0) is 0 Å². The van der Waals surface area contributed by atoms with E-state index in [0.717, 1.165) is 0 Å². The number of nitrogens with zero attached hydrogens (tertiary/aromatic N) is 8. The summed E-state index contributed by atoms with van der Waals surface area (Å²) in [7, 11) is 0. The lowest BCUT2D eigenvalue weighted by Crippen LogP contribution is -2.03. The van der Waals surface area contributed by atoms with Crippen molar-refractivity contribution in [3.63, 3.8) is 0 Å². The normalized spacial score (nSPS) is 8.89. The molecule has 0 saturated heterocycles. The van der Waals surface area contributed by atoms with Crippen LogP contribution in [0.3, 0.4) is 0 Å². The summed E-state index contributed by atoms with van der Waals surface area (Å²) in [6.45, 7) is 0. The van der Waals surface area contributed by atoms with Crippen molar-refractivity contribution in [2.45, 2.75) is 0 Å². The Morgan fingerprint density at radius 2 is 0.722 bits per heavy atom. The minimum atomic E-state index is -0.201. The van der Waals surface area contributed by atoms with Crippen LogP contribution in [-0.4, -0.2) is 19.9 Å². The number of rotatable bonds is 0. The van der Waals surface area contributed by atoms with Gasteiger partial charge < -0.3 is 0 Å². The van der Waals surface area contributed by atoms with Gasteiger partial charge >= 0.3 is 0 Å². The van der Waals surface area contributed by atoms with Crippen molar-refractivity contribution in [1.82, 2.24) is 19.9 Å². The summed E-state index contributed by atoms with van der Waals surface area (Å²) >= 11 is 0. The Balaban J connectivity index is 2.90. The fourth-order valence-corrected chi connectivity index (χ4v) is 1.20. The van der Waals surface area contributed by atoms with Gasteiger partial charge in [0.15, 0.2) is 22.8 Å². The molecule has 0 aliphatic rings. The highest BCUT2D eigenvalue weighted by molar-refractivity contribution is 5.68. The van der Waals surface area contributed by atoms with Crippen molar-refractivity contribution >= 4 is 11.3 Å². The first-order valence-electron chi connectivity index (χ1n) is 4.43. The van der Waals surface area contributed by atoms with Crippen molar-refractivity contribution in [1.29, 1.82) is 21.0 Å². The molecular weight excluding hydrogens is 232 g/mol. The van der Waals surface area contributed by atoms with Crippen molar-refractivity contribution in [2.24, 2.45) is 0 Å². The second kappa shape index (κ2) is 4.09. The van der Waals surface area contributed by atoms with Gasteiger partial charge in [-0.3, -0.25) is 0 Å². The predicted molar refractivity (Wildman–Crippen MR) is 54.0 cm³/mol. The molecule has 0 amide bonds. The maximum Gasteiger partial charge on any atom is 0.200 e. The van der Waals surface area contributed by atoms with E-state index >= 15 is 0 Å². The molecule has 0 unspecified atom stereocenters. The average Bonchev–Trinajstić information content (AvgIpc) is 2.43. The third kappa shape index (κ3) is 1.53. The Labute approximate surface area is 100 Å². The lowest BCUT2D eigenvalue weighted by atomic mass is 10.3. The zero-order chi connectivity index (χ0) is 13.1. The topological polar surface area (TPSA) is 147 Å². The minimum Gasteiger partial charge on any atom is -0.211 e. The Morgan fingerprint density at radius 3 is 0.889 bits per heavy atom. The molecule has 0 radical (unpaired) electrons. The SMILES string of the molecule is N#Cc1nc2nc(C#N)c(C#N)nc2nc1C#N. The summed E-state index contributed by atoms with van der Waals surface area (Å²) in [5.74, 6) is 0. The average molecular weight is 232 g/mol. The van der Waals surface area contributed by atoms with E-state index in [4.69, 9.17) is 21.0 Å². The van der Waals surface area contributed by atoms with Crippen LogP contribution >= 0.6 is 0 Å². The van der Waals surface area contributed by atoms with Gasteiger partial charge in [-0.2, -0.15) is 21.0 Å². The molecule has 80 valence electrons. The van der Waals surface area contributed by atoms with Crippen LogP contribution in [0.25, 0.3) is 11.3 Å². The summed E-state index contributed by atoms with van der Waals surface area (Å²) in [5.41, 5.74) is -0.913. The molecule has 0 atom stereocenters. The lowest BCUT2D eigenvalue weighted by Gasteiger charge is -1.99. The molecule has 18 heavy (non-hydrogen) atoms. The van der Waals surface area contributed by atoms with Crippen molar-refractivity contribution in [3.8, 4) is 24.3 Å². The van der Waals surface area contributed by atoms with E-state index in [-0.39, 0.29) is 34.1 Å². The zero-order valence-electron chi connectivity index (χ0n) is 8.58. The van der Waals surface area contributed by atoms with Gasteiger partial charge in [-0.1, -0.05) is 0 Å². The van der Waals surface area contributed by atoms with Crippen LogP contribution in [0, 0.1) is 45.3 Å². The second-order valence-electron chi connectivity index (χ2n) is 2.94. The van der Waals surface area contributed by atoms with E-state index in [1.807, 2.05) is 0 Å². The van der Waals surface area contributed by atoms with E-state index in [2.05, 4.69) is 19.9 Å². The van der Waals surface area contributed by atoms with Crippen LogP contribution in [0.15, 0.2) is 0 Å². The number of aromatic nitrogens is 4. The van der Waals surface area contributed by atoms with E-state index < -0.39 is 0 Å². The minimum absolute atomic E-state index is 0.0545. The maximum atomic E-state index is 8.77. The fraction of sp³-hybridized carbons (Fsp3) is 0. The van der Waals surface area contributed by atoms with Gasteiger partial charge in [0.25, 0.3) is 0 Å². The van der Waals surface area contributed by atoms with Gasteiger partial charge in [0, 0.05) is 0 Å². The molecule has 8 heteroatoms. The number of hydrogen-bond acceptors (Lipinski definition) is 8. The van der Waals surface area contributed by atoms with Crippen LogP contribution in [0.5, 0.6) is 0 Å². The number of nitriles is 4. The van der Waals surface area contributed by atoms with Gasteiger partial charge in [-0.15, -0.1) is 0 Å². The molecule has 2 heterocycles. The Kier molecular flexibility index (Phi) is 2.48. The predicted octanol–water partition coefficient (Wildman–Crippen LogP) is -0.0935. The Morgan fingerprint density at radius 1 is 0.500 bits per heavy atom. The highest BCUT2D eigenvalue weighted by Crippen LogP contribution is 2.11. The van der Waals surface area contributed by atoms with Gasteiger partial charge in [0.05, 0.1) is 0 Å².